The molecule has 1 fully saturated rings. The predicted octanol–water partition coefficient (Wildman–Crippen LogP) is 4.72. The first-order chi connectivity index (χ1) is 13.2. The van der Waals surface area contributed by atoms with Gasteiger partial charge in [-0.3, -0.25) is 9.59 Å². The highest BCUT2D eigenvalue weighted by Gasteiger charge is 2.56. The Morgan fingerprint density at radius 1 is 1.04 bits per heavy atom. The third-order valence-electron chi connectivity index (χ3n) is 5.22. The van der Waals surface area contributed by atoms with Gasteiger partial charge in [0.25, 0.3) is 0 Å². The summed E-state index contributed by atoms with van der Waals surface area (Å²) in [5.74, 6) is -0.422. The molecule has 0 heterocycles. The molecule has 0 spiro atoms. The zero-order valence-corrected chi connectivity index (χ0v) is 17.4. The molecule has 0 saturated heterocycles. The molecular weight excluding hydrogens is 372 g/mol. The number of hydrogen-bond acceptors (Lipinski definition) is 2. The minimum atomic E-state index is -0.934. The normalized spacial score (nSPS) is 15.0. The Bertz CT molecular complexity index is 865. The van der Waals surface area contributed by atoms with E-state index in [0.29, 0.717) is 30.8 Å². The fourth-order valence-electron chi connectivity index (χ4n) is 3.17. The van der Waals surface area contributed by atoms with Crippen LogP contribution in [-0.4, -0.2) is 18.4 Å². The van der Waals surface area contributed by atoms with Crippen molar-refractivity contribution in [3.63, 3.8) is 0 Å². The molecule has 28 heavy (non-hydrogen) atoms. The molecule has 4 nitrogen and oxygen atoms in total. The molecule has 1 aliphatic rings. The fraction of sp³-hybridized carbons (Fsp3) is 0.391. The van der Waals surface area contributed by atoms with Crippen molar-refractivity contribution >= 4 is 29.1 Å². The highest BCUT2D eigenvalue weighted by molar-refractivity contribution is 6.30. The van der Waals surface area contributed by atoms with Gasteiger partial charge in [0, 0.05) is 17.3 Å². The van der Waals surface area contributed by atoms with Crippen LogP contribution in [0.3, 0.4) is 0 Å². The topological polar surface area (TPSA) is 58.2 Å². The summed E-state index contributed by atoms with van der Waals surface area (Å²) in [4.78, 5) is 25.3. The molecule has 2 amide bonds. The molecule has 0 aliphatic heterocycles. The van der Waals surface area contributed by atoms with E-state index in [0.717, 1.165) is 11.3 Å². The maximum atomic E-state index is 12.7. The van der Waals surface area contributed by atoms with Gasteiger partial charge in [-0.25, -0.2) is 0 Å². The third kappa shape index (κ3) is 4.74. The van der Waals surface area contributed by atoms with Crippen molar-refractivity contribution in [2.75, 3.05) is 11.9 Å². The Morgan fingerprint density at radius 2 is 1.71 bits per heavy atom. The molecule has 0 aromatic heterocycles. The molecule has 0 bridgehead atoms. The first-order valence-corrected chi connectivity index (χ1v) is 10.0. The average molecular weight is 399 g/mol. The molecular formula is C23H27ClN2O2. The smallest absolute Gasteiger partial charge is 0.240 e. The van der Waals surface area contributed by atoms with Gasteiger partial charge in [-0.15, -0.1) is 0 Å². The second-order valence-corrected chi connectivity index (χ2v) is 8.94. The van der Waals surface area contributed by atoms with Crippen molar-refractivity contribution in [2.45, 2.75) is 45.4 Å². The van der Waals surface area contributed by atoms with Crippen LogP contribution in [0.25, 0.3) is 0 Å². The number of benzene rings is 2. The first kappa shape index (κ1) is 20.4. The molecule has 5 heteroatoms. The van der Waals surface area contributed by atoms with E-state index in [-0.39, 0.29) is 17.2 Å². The highest BCUT2D eigenvalue weighted by atomic mass is 35.5. The molecule has 3 rings (SSSR count). The highest BCUT2D eigenvalue weighted by Crippen LogP contribution is 2.46. The number of hydrogen-bond donors (Lipinski definition) is 2. The number of anilines is 1. The van der Waals surface area contributed by atoms with Gasteiger partial charge in [0.2, 0.25) is 11.8 Å². The van der Waals surface area contributed by atoms with Crippen LogP contribution in [0.15, 0.2) is 48.5 Å². The molecule has 2 N–H and O–H groups in total. The monoisotopic (exact) mass is 398 g/mol. The molecule has 0 unspecified atom stereocenters. The Labute approximate surface area is 171 Å². The van der Waals surface area contributed by atoms with Crippen molar-refractivity contribution in [1.82, 2.24) is 5.32 Å². The SMILES string of the molecule is CC(C)(C)c1ccc(NC(=O)C2(C(=O)NCCc3cccc(Cl)c3)CC2)cc1. The van der Waals surface area contributed by atoms with Crippen LogP contribution in [0.2, 0.25) is 5.02 Å². The van der Waals surface area contributed by atoms with Crippen LogP contribution in [0.1, 0.15) is 44.7 Å². The number of amides is 2. The standard InChI is InChI=1S/C23H27ClN2O2/c1-22(2,3)17-7-9-19(10-8-17)26-21(28)23(12-13-23)20(27)25-14-11-16-5-4-6-18(24)15-16/h4-10,15H,11-14H2,1-3H3,(H,25,27)(H,26,28). The van der Waals surface area contributed by atoms with Crippen LogP contribution in [0.4, 0.5) is 5.69 Å². The van der Waals surface area contributed by atoms with Crippen LogP contribution in [0, 0.1) is 5.41 Å². The number of carbonyl (C=O) groups is 2. The van der Waals surface area contributed by atoms with Gasteiger partial charge in [0.1, 0.15) is 5.41 Å². The average Bonchev–Trinajstić information content (AvgIpc) is 3.43. The van der Waals surface area contributed by atoms with E-state index >= 15 is 0 Å². The lowest BCUT2D eigenvalue weighted by Gasteiger charge is -2.20. The van der Waals surface area contributed by atoms with E-state index in [1.165, 1.54) is 5.56 Å². The minimum absolute atomic E-state index is 0.0587. The van der Waals surface area contributed by atoms with E-state index in [9.17, 15) is 9.59 Å². The summed E-state index contributed by atoms with van der Waals surface area (Å²) in [6.07, 6.45) is 1.85. The van der Waals surface area contributed by atoms with Gasteiger partial charge in [-0.2, -0.15) is 0 Å². The number of carbonyl (C=O) groups excluding carboxylic acids is 2. The molecule has 1 aliphatic carbocycles. The van der Waals surface area contributed by atoms with E-state index in [1.807, 2.05) is 48.5 Å². The number of halogens is 1. The second-order valence-electron chi connectivity index (χ2n) is 8.50. The van der Waals surface area contributed by atoms with Crippen molar-refractivity contribution in [2.24, 2.45) is 5.41 Å². The van der Waals surface area contributed by atoms with E-state index in [2.05, 4.69) is 31.4 Å². The lowest BCUT2D eigenvalue weighted by atomic mass is 9.87. The summed E-state index contributed by atoms with van der Waals surface area (Å²) in [6.45, 7) is 6.92. The lowest BCUT2D eigenvalue weighted by Crippen LogP contribution is -2.40. The van der Waals surface area contributed by atoms with E-state index in [4.69, 9.17) is 11.6 Å². The van der Waals surface area contributed by atoms with Crippen molar-refractivity contribution in [1.29, 1.82) is 0 Å². The minimum Gasteiger partial charge on any atom is -0.355 e. The second kappa shape index (κ2) is 7.96. The molecule has 0 radical (unpaired) electrons. The Kier molecular flexibility index (Phi) is 5.80. The summed E-state index contributed by atoms with van der Waals surface area (Å²) in [7, 11) is 0. The molecule has 2 aromatic rings. The third-order valence-corrected chi connectivity index (χ3v) is 5.45. The summed E-state index contributed by atoms with van der Waals surface area (Å²) in [5.41, 5.74) is 2.10. The van der Waals surface area contributed by atoms with Crippen LogP contribution < -0.4 is 10.6 Å². The van der Waals surface area contributed by atoms with Gasteiger partial charge in [0.15, 0.2) is 0 Å². The zero-order chi connectivity index (χ0) is 20.4. The Balaban J connectivity index is 1.55. The first-order valence-electron chi connectivity index (χ1n) is 9.65. The molecule has 0 atom stereocenters. The number of rotatable bonds is 6. The maximum Gasteiger partial charge on any atom is 0.240 e. The van der Waals surface area contributed by atoms with Crippen molar-refractivity contribution in [3.05, 3.63) is 64.7 Å². The Hall–Kier alpha value is -2.33. The summed E-state index contributed by atoms with van der Waals surface area (Å²) >= 11 is 5.98. The fourth-order valence-corrected chi connectivity index (χ4v) is 3.38. The van der Waals surface area contributed by atoms with Crippen molar-refractivity contribution < 1.29 is 9.59 Å². The molecule has 2 aromatic carbocycles. The van der Waals surface area contributed by atoms with E-state index in [1.54, 1.807) is 0 Å². The Morgan fingerprint density at radius 3 is 2.29 bits per heavy atom. The quantitative estimate of drug-likeness (QED) is 0.692. The van der Waals surface area contributed by atoms with Crippen LogP contribution in [0.5, 0.6) is 0 Å². The predicted molar refractivity (Wildman–Crippen MR) is 114 cm³/mol. The summed E-state index contributed by atoms with van der Waals surface area (Å²) < 4.78 is 0. The summed E-state index contributed by atoms with van der Waals surface area (Å²) in [6, 6.07) is 15.4. The van der Waals surface area contributed by atoms with E-state index < -0.39 is 5.41 Å². The van der Waals surface area contributed by atoms with Crippen LogP contribution >= 0.6 is 11.6 Å². The summed E-state index contributed by atoms with van der Waals surface area (Å²) in [5, 5.41) is 6.49. The van der Waals surface area contributed by atoms with Gasteiger partial charge in [-0.1, -0.05) is 56.6 Å². The largest absolute Gasteiger partial charge is 0.355 e. The maximum absolute atomic E-state index is 12.7. The number of nitrogens with one attached hydrogen (secondary N) is 2. The van der Waals surface area contributed by atoms with Crippen LogP contribution in [-0.2, 0) is 21.4 Å². The lowest BCUT2D eigenvalue weighted by molar-refractivity contribution is -0.134. The molecule has 1 saturated carbocycles. The van der Waals surface area contributed by atoms with Gasteiger partial charge in [0.05, 0.1) is 0 Å². The van der Waals surface area contributed by atoms with Gasteiger partial charge in [-0.05, 0) is 60.1 Å². The molecule has 148 valence electrons. The van der Waals surface area contributed by atoms with Gasteiger partial charge < -0.3 is 10.6 Å². The van der Waals surface area contributed by atoms with Crippen molar-refractivity contribution in [3.8, 4) is 0 Å². The zero-order valence-electron chi connectivity index (χ0n) is 16.6. The van der Waals surface area contributed by atoms with Gasteiger partial charge >= 0.3 is 0 Å².